The van der Waals surface area contributed by atoms with Gasteiger partial charge in [0.25, 0.3) is 0 Å². The lowest BCUT2D eigenvalue weighted by Crippen LogP contribution is -2.47. The number of benzene rings is 1. The summed E-state index contributed by atoms with van der Waals surface area (Å²) in [5.41, 5.74) is 7.25. The average molecular weight is 410 g/mol. The minimum Gasteiger partial charge on any atom is -0.492 e. The van der Waals surface area contributed by atoms with Crippen LogP contribution in [0.5, 0.6) is 5.75 Å². The van der Waals surface area contributed by atoms with Gasteiger partial charge in [0.05, 0.1) is 12.3 Å². The van der Waals surface area contributed by atoms with Crippen molar-refractivity contribution in [2.75, 3.05) is 44.2 Å². The zero-order chi connectivity index (χ0) is 17.6. The van der Waals surface area contributed by atoms with Gasteiger partial charge in [-0.15, -0.1) is 0 Å². The van der Waals surface area contributed by atoms with Gasteiger partial charge in [-0.3, -0.25) is 4.90 Å². The van der Waals surface area contributed by atoms with Crippen molar-refractivity contribution in [1.82, 2.24) is 4.90 Å². The molecule has 2 fully saturated rings. The molecule has 1 saturated heterocycles. The van der Waals surface area contributed by atoms with E-state index < -0.39 is 0 Å². The molecule has 0 atom stereocenters. The monoisotopic (exact) mass is 409 g/mol. The minimum absolute atomic E-state index is 0.463. The van der Waals surface area contributed by atoms with Crippen molar-refractivity contribution in [3.05, 3.63) is 22.7 Å². The molecule has 0 radical (unpaired) electrons. The molecule has 1 aliphatic carbocycles. The molecule has 2 N–H and O–H groups in total. The van der Waals surface area contributed by atoms with E-state index in [1.54, 1.807) is 0 Å². The fourth-order valence-corrected chi connectivity index (χ4v) is 4.41. The molecule has 0 unspecified atom stereocenters. The third-order valence-corrected chi connectivity index (χ3v) is 6.17. The first-order valence-electron chi connectivity index (χ1n) is 9.81. The third-order valence-electron chi connectivity index (χ3n) is 5.68. The fourth-order valence-electron chi connectivity index (χ4n) is 4.07. The van der Waals surface area contributed by atoms with E-state index in [1.807, 2.05) is 6.92 Å². The number of rotatable bonds is 6. The van der Waals surface area contributed by atoms with Crippen LogP contribution in [0.25, 0.3) is 0 Å². The summed E-state index contributed by atoms with van der Waals surface area (Å²) in [4.78, 5) is 5.10. The average Bonchev–Trinajstić information content (AvgIpc) is 2.62. The number of nitrogens with two attached hydrogens (primary N) is 1. The van der Waals surface area contributed by atoms with Crippen LogP contribution in [0.2, 0.25) is 0 Å². The smallest absolute Gasteiger partial charge is 0.143 e. The summed E-state index contributed by atoms with van der Waals surface area (Å²) in [6.07, 6.45) is 6.45. The summed E-state index contributed by atoms with van der Waals surface area (Å²) in [5.74, 6) is 1.89. The van der Waals surface area contributed by atoms with E-state index in [0.29, 0.717) is 12.6 Å². The molecule has 1 aliphatic heterocycles. The molecular formula is C20H32BrN3O. The van der Waals surface area contributed by atoms with E-state index in [-0.39, 0.29) is 0 Å². The van der Waals surface area contributed by atoms with Gasteiger partial charge in [-0.2, -0.15) is 0 Å². The normalized spacial score (nSPS) is 25.2. The summed E-state index contributed by atoms with van der Waals surface area (Å²) in [5, 5.41) is 0. The zero-order valence-electron chi connectivity index (χ0n) is 15.4. The van der Waals surface area contributed by atoms with Crippen molar-refractivity contribution in [2.24, 2.45) is 11.7 Å². The number of anilines is 1. The van der Waals surface area contributed by atoms with E-state index in [1.165, 1.54) is 44.3 Å². The second-order valence-corrected chi connectivity index (χ2v) is 8.36. The lowest BCUT2D eigenvalue weighted by Gasteiger charge is -2.37. The van der Waals surface area contributed by atoms with E-state index in [4.69, 9.17) is 10.5 Å². The van der Waals surface area contributed by atoms with Crippen LogP contribution in [0.3, 0.4) is 0 Å². The van der Waals surface area contributed by atoms with Crippen LogP contribution in [-0.2, 0) is 0 Å². The third kappa shape index (κ3) is 5.35. The number of piperazine rings is 1. The molecule has 0 spiro atoms. The SMILES string of the molecule is CCOc1cc(Br)ccc1N1CCN(CCC2CCC(N)CC2)CC1. The predicted molar refractivity (Wildman–Crippen MR) is 109 cm³/mol. The van der Waals surface area contributed by atoms with Crippen LogP contribution >= 0.6 is 15.9 Å². The van der Waals surface area contributed by atoms with Gasteiger partial charge in [0.15, 0.2) is 0 Å². The molecule has 0 amide bonds. The Morgan fingerprint density at radius 2 is 1.84 bits per heavy atom. The number of hydrogen-bond acceptors (Lipinski definition) is 4. The highest BCUT2D eigenvalue weighted by Gasteiger charge is 2.22. The Labute approximate surface area is 160 Å². The van der Waals surface area contributed by atoms with Gasteiger partial charge in [-0.25, -0.2) is 0 Å². The second-order valence-electron chi connectivity index (χ2n) is 7.44. The molecule has 4 nitrogen and oxygen atoms in total. The first-order chi connectivity index (χ1) is 12.2. The Morgan fingerprint density at radius 3 is 2.52 bits per heavy atom. The number of ether oxygens (including phenoxy) is 1. The number of hydrogen-bond donors (Lipinski definition) is 1. The van der Waals surface area contributed by atoms with Crippen LogP contribution in [-0.4, -0.2) is 50.3 Å². The lowest BCUT2D eigenvalue weighted by atomic mass is 9.84. The summed E-state index contributed by atoms with van der Waals surface area (Å²) >= 11 is 3.55. The van der Waals surface area contributed by atoms with Gasteiger partial charge in [0.2, 0.25) is 0 Å². The van der Waals surface area contributed by atoms with E-state index >= 15 is 0 Å². The van der Waals surface area contributed by atoms with Crippen molar-refractivity contribution >= 4 is 21.6 Å². The first-order valence-corrected chi connectivity index (χ1v) is 10.6. The first kappa shape index (κ1) is 19.0. The predicted octanol–water partition coefficient (Wildman–Crippen LogP) is 3.88. The summed E-state index contributed by atoms with van der Waals surface area (Å²) < 4.78 is 6.91. The van der Waals surface area contributed by atoms with Crippen LogP contribution in [0.15, 0.2) is 22.7 Å². The Bertz CT molecular complexity index is 538. The molecule has 5 heteroatoms. The van der Waals surface area contributed by atoms with Crippen molar-refractivity contribution in [3.8, 4) is 5.75 Å². The van der Waals surface area contributed by atoms with Crippen LogP contribution in [0.4, 0.5) is 5.69 Å². The molecule has 1 aromatic carbocycles. The van der Waals surface area contributed by atoms with Crippen LogP contribution in [0.1, 0.15) is 39.0 Å². The van der Waals surface area contributed by atoms with Gasteiger partial charge in [0, 0.05) is 36.7 Å². The maximum atomic E-state index is 6.02. The van der Waals surface area contributed by atoms with Crippen LogP contribution in [0, 0.1) is 5.92 Å². The molecule has 2 aliphatic rings. The largest absolute Gasteiger partial charge is 0.492 e. The van der Waals surface area contributed by atoms with Gasteiger partial charge < -0.3 is 15.4 Å². The molecule has 0 aromatic heterocycles. The highest BCUT2D eigenvalue weighted by molar-refractivity contribution is 9.10. The number of halogens is 1. The van der Waals surface area contributed by atoms with Crippen molar-refractivity contribution < 1.29 is 4.74 Å². The molecule has 1 aromatic rings. The van der Waals surface area contributed by atoms with Gasteiger partial charge >= 0.3 is 0 Å². The molecule has 3 rings (SSSR count). The summed E-state index contributed by atoms with van der Waals surface area (Å²) in [6.45, 7) is 8.44. The highest BCUT2D eigenvalue weighted by atomic mass is 79.9. The Morgan fingerprint density at radius 1 is 1.12 bits per heavy atom. The Hall–Kier alpha value is -0.780. The van der Waals surface area contributed by atoms with Gasteiger partial charge in [-0.05, 0) is 69.7 Å². The minimum atomic E-state index is 0.463. The Balaban J connectivity index is 1.47. The molecule has 1 saturated carbocycles. The van der Waals surface area contributed by atoms with Crippen LogP contribution < -0.4 is 15.4 Å². The van der Waals surface area contributed by atoms with Crippen molar-refractivity contribution in [3.63, 3.8) is 0 Å². The highest BCUT2D eigenvalue weighted by Crippen LogP contribution is 2.32. The van der Waals surface area contributed by atoms with Gasteiger partial charge in [0.1, 0.15) is 5.75 Å². The molecular weight excluding hydrogens is 378 g/mol. The Kier molecular flexibility index (Phi) is 7.02. The zero-order valence-corrected chi connectivity index (χ0v) is 17.0. The quantitative estimate of drug-likeness (QED) is 0.773. The van der Waals surface area contributed by atoms with Crippen molar-refractivity contribution in [2.45, 2.75) is 45.1 Å². The topological polar surface area (TPSA) is 41.7 Å². The molecule has 25 heavy (non-hydrogen) atoms. The van der Waals surface area contributed by atoms with Gasteiger partial charge in [-0.1, -0.05) is 15.9 Å². The fraction of sp³-hybridized carbons (Fsp3) is 0.700. The second kappa shape index (κ2) is 9.24. The molecule has 1 heterocycles. The summed E-state index contributed by atoms with van der Waals surface area (Å²) in [6, 6.07) is 6.83. The standard InChI is InChI=1S/C20H32BrN3O/c1-2-25-20-15-17(21)5-8-19(20)24-13-11-23(12-14-24)10-9-16-3-6-18(22)7-4-16/h5,8,15-16,18H,2-4,6-7,9-14,22H2,1H3. The molecule has 140 valence electrons. The maximum Gasteiger partial charge on any atom is 0.143 e. The molecule has 0 bridgehead atoms. The lowest BCUT2D eigenvalue weighted by molar-refractivity contribution is 0.216. The van der Waals surface area contributed by atoms with E-state index in [2.05, 4.69) is 43.9 Å². The summed E-state index contributed by atoms with van der Waals surface area (Å²) in [7, 11) is 0. The maximum absolute atomic E-state index is 6.02. The number of nitrogens with zero attached hydrogens (tertiary/aromatic N) is 2. The van der Waals surface area contributed by atoms with E-state index in [9.17, 15) is 0 Å². The van der Waals surface area contributed by atoms with Crippen molar-refractivity contribution in [1.29, 1.82) is 0 Å². The van der Waals surface area contributed by atoms with E-state index in [0.717, 1.165) is 42.3 Å².